The number of allylic oxidation sites excluding steroid dienone is 3. The van der Waals surface area contributed by atoms with Gasteiger partial charge in [0.15, 0.2) is 0 Å². The van der Waals surface area contributed by atoms with Crippen LogP contribution in [-0.2, 0) is 0 Å². The quantitative estimate of drug-likeness (QED) is 0.431. The normalized spacial score (nSPS) is 39.8. The Labute approximate surface area is 56.3 Å². The Morgan fingerprint density at radius 1 is 1.56 bits per heavy atom. The summed E-state index contributed by atoms with van der Waals surface area (Å²) in [4.78, 5) is 0. The molecule has 0 aromatic carbocycles. The van der Waals surface area contributed by atoms with E-state index in [-0.39, 0.29) is 0 Å². The maximum absolute atomic E-state index is 4.01. The van der Waals surface area contributed by atoms with Crippen LogP contribution in [0.4, 0.5) is 0 Å². The SMILES string of the molecule is C=C1CC2C=CCCC12. The zero-order valence-electron chi connectivity index (χ0n) is 5.64. The van der Waals surface area contributed by atoms with Crippen molar-refractivity contribution in [3.05, 3.63) is 24.3 Å². The zero-order chi connectivity index (χ0) is 6.27. The van der Waals surface area contributed by atoms with E-state index in [1.54, 1.807) is 0 Å². The van der Waals surface area contributed by atoms with E-state index in [2.05, 4.69) is 18.7 Å². The van der Waals surface area contributed by atoms with Crippen LogP contribution < -0.4 is 0 Å². The van der Waals surface area contributed by atoms with Crippen molar-refractivity contribution >= 4 is 0 Å². The molecule has 2 rings (SSSR count). The first kappa shape index (κ1) is 5.28. The molecule has 0 bridgehead atoms. The smallest absolute Gasteiger partial charge is 0.0131 e. The highest BCUT2D eigenvalue weighted by Gasteiger charge is 2.33. The minimum Gasteiger partial charge on any atom is -0.0995 e. The van der Waals surface area contributed by atoms with E-state index in [0.717, 1.165) is 11.8 Å². The molecule has 0 nitrogen and oxygen atoms in total. The second kappa shape index (κ2) is 1.73. The van der Waals surface area contributed by atoms with Gasteiger partial charge in [-0.3, -0.25) is 0 Å². The molecule has 9 heavy (non-hydrogen) atoms. The Morgan fingerprint density at radius 3 is 3.00 bits per heavy atom. The van der Waals surface area contributed by atoms with E-state index in [0.29, 0.717) is 0 Å². The molecule has 0 heterocycles. The van der Waals surface area contributed by atoms with Crippen LogP contribution in [0.25, 0.3) is 0 Å². The molecule has 1 fully saturated rings. The molecule has 48 valence electrons. The van der Waals surface area contributed by atoms with Crippen LogP contribution in [0.3, 0.4) is 0 Å². The molecule has 2 aliphatic rings. The third kappa shape index (κ3) is 0.658. The van der Waals surface area contributed by atoms with Gasteiger partial charge in [0.1, 0.15) is 0 Å². The highest BCUT2D eigenvalue weighted by molar-refractivity contribution is 5.21. The Hall–Kier alpha value is -0.520. The van der Waals surface area contributed by atoms with Crippen LogP contribution in [0.5, 0.6) is 0 Å². The first-order valence-corrected chi connectivity index (χ1v) is 3.72. The summed E-state index contributed by atoms with van der Waals surface area (Å²) in [5, 5.41) is 0. The van der Waals surface area contributed by atoms with Gasteiger partial charge in [-0.25, -0.2) is 0 Å². The molecule has 1 saturated carbocycles. The van der Waals surface area contributed by atoms with Gasteiger partial charge in [0, 0.05) is 0 Å². The first-order chi connectivity index (χ1) is 4.38. The van der Waals surface area contributed by atoms with Crippen molar-refractivity contribution in [3.63, 3.8) is 0 Å². The summed E-state index contributed by atoms with van der Waals surface area (Å²) < 4.78 is 0. The Bertz CT molecular complexity index is 165. The Kier molecular flexibility index (Phi) is 1.01. The lowest BCUT2D eigenvalue weighted by atomic mass is 9.66. The second-order valence-electron chi connectivity index (χ2n) is 3.14. The summed E-state index contributed by atoms with van der Waals surface area (Å²) in [6, 6.07) is 0. The van der Waals surface area contributed by atoms with Gasteiger partial charge in [-0.15, -0.1) is 0 Å². The number of hydrogen-bond acceptors (Lipinski definition) is 0. The second-order valence-corrected chi connectivity index (χ2v) is 3.14. The standard InChI is InChI=1S/C9H12/c1-7-6-8-4-2-3-5-9(7)8/h2,4,8-9H,1,3,5-6H2. The lowest BCUT2D eigenvalue weighted by Crippen LogP contribution is -2.28. The van der Waals surface area contributed by atoms with Gasteiger partial charge in [0.2, 0.25) is 0 Å². The number of fused-ring (bicyclic) bond motifs is 1. The van der Waals surface area contributed by atoms with E-state index in [4.69, 9.17) is 0 Å². The summed E-state index contributed by atoms with van der Waals surface area (Å²) in [6.07, 6.45) is 8.58. The van der Waals surface area contributed by atoms with Gasteiger partial charge >= 0.3 is 0 Å². The molecule has 0 aliphatic heterocycles. The molecular formula is C9H12. The summed E-state index contributed by atoms with van der Waals surface area (Å²) in [7, 11) is 0. The van der Waals surface area contributed by atoms with Crippen molar-refractivity contribution in [2.75, 3.05) is 0 Å². The van der Waals surface area contributed by atoms with Crippen LogP contribution in [0.1, 0.15) is 19.3 Å². The van der Waals surface area contributed by atoms with Crippen molar-refractivity contribution in [1.82, 2.24) is 0 Å². The lowest BCUT2D eigenvalue weighted by molar-refractivity contribution is 0.307. The molecule has 0 aromatic rings. The third-order valence-corrected chi connectivity index (χ3v) is 2.57. The lowest BCUT2D eigenvalue weighted by Gasteiger charge is -2.39. The van der Waals surface area contributed by atoms with E-state index in [9.17, 15) is 0 Å². The number of rotatable bonds is 0. The van der Waals surface area contributed by atoms with E-state index >= 15 is 0 Å². The van der Waals surface area contributed by atoms with Crippen molar-refractivity contribution in [3.8, 4) is 0 Å². The topological polar surface area (TPSA) is 0 Å². The maximum Gasteiger partial charge on any atom is -0.0131 e. The maximum atomic E-state index is 4.01. The molecule has 2 atom stereocenters. The zero-order valence-corrected chi connectivity index (χ0v) is 5.64. The van der Waals surface area contributed by atoms with Crippen LogP contribution in [0, 0.1) is 11.8 Å². The fourth-order valence-electron chi connectivity index (χ4n) is 1.91. The van der Waals surface area contributed by atoms with Gasteiger partial charge in [-0.2, -0.15) is 0 Å². The van der Waals surface area contributed by atoms with E-state index < -0.39 is 0 Å². The van der Waals surface area contributed by atoms with Crippen LogP contribution >= 0.6 is 0 Å². The predicted octanol–water partition coefficient (Wildman–Crippen LogP) is 2.53. The van der Waals surface area contributed by atoms with Gasteiger partial charge < -0.3 is 0 Å². The summed E-state index contributed by atoms with van der Waals surface area (Å²) in [5.41, 5.74) is 1.49. The number of hydrogen-bond donors (Lipinski definition) is 0. The largest absolute Gasteiger partial charge is 0.0995 e. The fourth-order valence-corrected chi connectivity index (χ4v) is 1.91. The van der Waals surface area contributed by atoms with Crippen LogP contribution in [0.15, 0.2) is 24.3 Å². The molecule has 0 radical (unpaired) electrons. The third-order valence-electron chi connectivity index (χ3n) is 2.57. The van der Waals surface area contributed by atoms with Crippen molar-refractivity contribution in [2.45, 2.75) is 19.3 Å². The van der Waals surface area contributed by atoms with E-state index in [1.165, 1.54) is 24.8 Å². The molecule has 2 aliphatic carbocycles. The van der Waals surface area contributed by atoms with E-state index in [1.807, 2.05) is 0 Å². The molecule has 0 aromatic heterocycles. The van der Waals surface area contributed by atoms with Crippen molar-refractivity contribution in [1.29, 1.82) is 0 Å². The highest BCUT2D eigenvalue weighted by atomic mass is 14.4. The fraction of sp³-hybridized carbons (Fsp3) is 0.556. The highest BCUT2D eigenvalue weighted by Crippen LogP contribution is 2.44. The Morgan fingerprint density at radius 2 is 2.44 bits per heavy atom. The van der Waals surface area contributed by atoms with Gasteiger partial charge in [-0.05, 0) is 31.1 Å². The predicted molar refractivity (Wildman–Crippen MR) is 39.1 cm³/mol. The van der Waals surface area contributed by atoms with Gasteiger partial charge in [0.05, 0.1) is 0 Å². The van der Waals surface area contributed by atoms with Gasteiger partial charge in [0.25, 0.3) is 0 Å². The van der Waals surface area contributed by atoms with Crippen molar-refractivity contribution < 1.29 is 0 Å². The molecule has 0 heteroatoms. The van der Waals surface area contributed by atoms with Crippen LogP contribution in [0.2, 0.25) is 0 Å². The molecular weight excluding hydrogens is 108 g/mol. The average Bonchev–Trinajstić information content (AvgIpc) is 1.86. The minimum atomic E-state index is 0.870. The first-order valence-electron chi connectivity index (χ1n) is 3.72. The molecule has 0 saturated heterocycles. The summed E-state index contributed by atoms with van der Waals surface area (Å²) >= 11 is 0. The average molecular weight is 120 g/mol. The Balaban J connectivity index is 2.14. The molecule has 0 N–H and O–H groups in total. The summed E-state index contributed by atoms with van der Waals surface area (Å²) in [5.74, 6) is 1.75. The molecule has 2 unspecified atom stereocenters. The molecule has 0 amide bonds. The summed E-state index contributed by atoms with van der Waals surface area (Å²) in [6.45, 7) is 4.01. The minimum absolute atomic E-state index is 0.870. The molecule has 0 spiro atoms. The van der Waals surface area contributed by atoms with Gasteiger partial charge in [-0.1, -0.05) is 24.3 Å². The van der Waals surface area contributed by atoms with Crippen molar-refractivity contribution in [2.24, 2.45) is 11.8 Å². The monoisotopic (exact) mass is 120 g/mol. The van der Waals surface area contributed by atoms with Crippen LogP contribution in [-0.4, -0.2) is 0 Å².